The Bertz CT molecular complexity index is 1330. The first-order chi connectivity index (χ1) is 15.4. The lowest BCUT2D eigenvalue weighted by Crippen LogP contribution is -2.20. The molecule has 172 valence electrons. The van der Waals surface area contributed by atoms with Crippen molar-refractivity contribution in [2.45, 2.75) is 45.8 Å². The Kier molecular flexibility index (Phi) is 5.47. The zero-order valence-electron chi connectivity index (χ0n) is 18.6. The average Bonchev–Trinajstić information content (AvgIpc) is 3.34. The fourth-order valence-corrected chi connectivity index (χ4v) is 3.34. The maximum Gasteiger partial charge on any atom is 0.433 e. The molecule has 3 aromatic heterocycles. The average molecular weight is 456 g/mol. The van der Waals surface area contributed by atoms with Crippen molar-refractivity contribution in [3.05, 3.63) is 77.0 Å². The van der Waals surface area contributed by atoms with Crippen LogP contribution in [0, 0.1) is 6.92 Å². The Balaban J connectivity index is 1.60. The maximum atomic E-state index is 13.7. The van der Waals surface area contributed by atoms with E-state index in [0.29, 0.717) is 16.7 Å². The summed E-state index contributed by atoms with van der Waals surface area (Å²) in [5.74, 6) is -0.652. The van der Waals surface area contributed by atoms with E-state index in [2.05, 4.69) is 20.5 Å². The first-order valence-electron chi connectivity index (χ1n) is 10.3. The summed E-state index contributed by atoms with van der Waals surface area (Å²) in [6, 6.07) is 10.1. The van der Waals surface area contributed by atoms with Crippen molar-refractivity contribution in [1.82, 2.24) is 24.4 Å². The number of amides is 1. The van der Waals surface area contributed by atoms with Crippen molar-refractivity contribution in [2.24, 2.45) is 0 Å². The number of hydrogen-bond donors (Lipinski definition) is 1. The van der Waals surface area contributed by atoms with Gasteiger partial charge in [-0.25, -0.2) is 9.50 Å². The predicted molar refractivity (Wildman–Crippen MR) is 117 cm³/mol. The molecule has 10 heteroatoms. The zero-order chi connectivity index (χ0) is 24.0. The molecule has 1 amide bonds. The first kappa shape index (κ1) is 22.5. The third kappa shape index (κ3) is 4.74. The molecule has 0 unspecified atom stereocenters. The van der Waals surface area contributed by atoms with Gasteiger partial charge in [0.25, 0.3) is 5.91 Å². The van der Waals surface area contributed by atoms with Crippen molar-refractivity contribution in [3.8, 4) is 0 Å². The number of aryl methyl sites for hydroxylation is 1. The molecule has 1 aromatic carbocycles. The summed E-state index contributed by atoms with van der Waals surface area (Å²) in [6.45, 7) is 7.82. The largest absolute Gasteiger partial charge is 0.433 e. The quantitative estimate of drug-likeness (QED) is 0.476. The third-order valence-corrected chi connectivity index (χ3v) is 5.20. The van der Waals surface area contributed by atoms with E-state index in [1.165, 1.54) is 12.3 Å². The number of alkyl halides is 3. The molecule has 4 aromatic rings. The first-order valence-corrected chi connectivity index (χ1v) is 10.3. The number of hydrogen-bond acceptors (Lipinski definition) is 4. The highest BCUT2D eigenvalue weighted by atomic mass is 19.4. The molecule has 7 nitrogen and oxygen atoms in total. The second kappa shape index (κ2) is 8.02. The Morgan fingerprint density at radius 2 is 1.85 bits per heavy atom. The Hall–Kier alpha value is -3.69. The number of nitrogens with zero attached hydrogens (tertiary/aromatic N) is 5. The fourth-order valence-electron chi connectivity index (χ4n) is 3.34. The lowest BCUT2D eigenvalue weighted by Gasteiger charge is -2.19. The van der Waals surface area contributed by atoms with Crippen LogP contribution in [-0.4, -0.2) is 30.3 Å². The van der Waals surface area contributed by atoms with E-state index < -0.39 is 23.2 Å². The molecule has 0 aliphatic carbocycles. The van der Waals surface area contributed by atoms with Crippen LogP contribution in [-0.2, 0) is 18.1 Å². The van der Waals surface area contributed by atoms with Gasteiger partial charge in [-0.05, 0) is 24.1 Å². The topological polar surface area (TPSA) is 77.1 Å². The number of anilines is 1. The van der Waals surface area contributed by atoms with Gasteiger partial charge >= 0.3 is 6.18 Å². The van der Waals surface area contributed by atoms with E-state index in [9.17, 15) is 18.0 Å². The van der Waals surface area contributed by atoms with Gasteiger partial charge in [0.1, 0.15) is 5.69 Å². The molecule has 3 heterocycles. The van der Waals surface area contributed by atoms with Crippen molar-refractivity contribution >= 4 is 17.2 Å². The molecule has 0 fully saturated rings. The van der Waals surface area contributed by atoms with Gasteiger partial charge in [0, 0.05) is 17.7 Å². The number of halogens is 3. The smallest absolute Gasteiger partial charge is 0.318 e. The number of carbonyl (C=O) groups excluding carboxylic acids is 1. The summed E-state index contributed by atoms with van der Waals surface area (Å²) in [5.41, 5.74) is 1.05. The van der Waals surface area contributed by atoms with Gasteiger partial charge in [0.15, 0.2) is 11.3 Å². The van der Waals surface area contributed by atoms with Crippen LogP contribution in [0.1, 0.15) is 53.8 Å². The van der Waals surface area contributed by atoms with Crippen molar-refractivity contribution < 1.29 is 18.0 Å². The maximum absolute atomic E-state index is 13.7. The van der Waals surface area contributed by atoms with Crippen LogP contribution in [0.2, 0.25) is 0 Å². The van der Waals surface area contributed by atoms with Crippen LogP contribution >= 0.6 is 0 Å². The Labute approximate surface area is 188 Å². The second-order valence-corrected chi connectivity index (χ2v) is 8.88. The number of carbonyl (C=O) groups is 1. The van der Waals surface area contributed by atoms with E-state index in [1.807, 2.05) is 31.2 Å². The molecular weight excluding hydrogens is 433 g/mol. The normalized spacial score (nSPS) is 12.3. The second-order valence-electron chi connectivity index (χ2n) is 8.88. The molecule has 33 heavy (non-hydrogen) atoms. The summed E-state index contributed by atoms with van der Waals surface area (Å²) in [7, 11) is 0. The minimum Gasteiger partial charge on any atom is -0.318 e. The molecule has 0 aliphatic heterocycles. The summed E-state index contributed by atoms with van der Waals surface area (Å²) in [4.78, 5) is 17.0. The van der Waals surface area contributed by atoms with E-state index in [1.54, 1.807) is 31.6 Å². The van der Waals surface area contributed by atoms with Crippen molar-refractivity contribution in [2.75, 3.05) is 5.32 Å². The zero-order valence-corrected chi connectivity index (χ0v) is 18.6. The molecule has 1 N–H and O–H groups in total. The number of nitrogens with one attached hydrogen (secondary N) is 1. The number of rotatable bonds is 4. The van der Waals surface area contributed by atoms with Crippen LogP contribution in [0.4, 0.5) is 18.9 Å². The summed E-state index contributed by atoms with van der Waals surface area (Å²) >= 11 is 0. The van der Waals surface area contributed by atoms with Crippen LogP contribution < -0.4 is 5.32 Å². The number of fused-ring (bicyclic) bond motifs is 1. The van der Waals surface area contributed by atoms with Crippen LogP contribution in [0.25, 0.3) is 5.65 Å². The molecule has 0 spiro atoms. The van der Waals surface area contributed by atoms with Gasteiger partial charge in [-0.2, -0.15) is 23.4 Å². The van der Waals surface area contributed by atoms with E-state index >= 15 is 0 Å². The van der Waals surface area contributed by atoms with E-state index in [4.69, 9.17) is 0 Å². The number of benzene rings is 1. The highest BCUT2D eigenvalue weighted by molar-refractivity contribution is 6.03. The van der Waals surface area contributed by atoms with Gasteiger partial charge in [-0.15, -0.1) is 0 Å². The molecule has 0 atom stereocenters. The van der Waals surface area contributed by atoms with Gasteiger partial charge in [-0.3, -0.25) is 9.48 Å². The minimum atomic E-state index is -4.66. The predicted octanol–water partition coefficient (Wildman–Crippen LogP) is 4.85. The Morgan fingerprint density at radius 3 is 2.52 bits per heavy atom. The highest BCUT2D eigenvalue weighted by Gasteiger charge is 2.36. The number of aromatic nitrogens is 5. The van der Waals surface area contributed by atoms with Gasteiger partial charge < -0.3 is 5.32 Å². The standard InChI is InChI=1S/C23H23F3N6O/c1-14-7-5-6-8-15(14)12-31-13-16(11-27-31)28-21(33)17-9-20-29-18(22(2,3)4)10-19(23(24,25)26)32(20)30-17/h5-11,13H,12H2,1-4H3,(H,28,33). The molecule has 0 aliphatic rings. The van der Waals surface area contributed by atoms with Gasteiger partial charge in [0.2, 0.25) is 0 Å². The minimum absolute atomic E-state index is 0.0462. The molecule has 0 radical (unpaired) electrons. The summed E-state index contributed by atoms with van der Waals surface area (Å²) in [5, 5.41) is 10.8. The van der Waals surface area contributed by atoms with Crippen LogP contribution in [0.3, 0.4) is 0 Å². The van der Waals surface area contributed by atoms with Crippen molar-refractivity contribution in [3.63, 3.8) is 0 Å². The van der Waals surface area contributed by atoms with E-state index in [-0.39, 0.29) is 17.0 Å². The molecule has 4 rings (SSSR count). The summed E-state index contributed by atoms with van der Waals surface area (Å²) < 4.78 is 43.3. The van der Waals surface area contributed by atoms with Gasteiger partial charge in [-0.1, -0.05) is 45.0 Å². The molecular formula is C23H23F3N6O. The molecule has 0 saturated heterocycles. The fraction of sp³-hybridized carbons (Fsp3) is 0.304. The highest BCUT2D eigenvalue weighted by Crippen LogP contribution is 2.32. The third-order valence-electron chi connectivity index (χ3n) is 5.20. The lowest BCUT2D eigenvalue weighted by molar-refractivity contribution is -0.142. The molecule has 0 saturated carbocycles. The van der Waals surface area contributed by atoms with Crippen LogP contribution in [0.15, 0.2) is 48.8 Å². The molecule has 0 bridgehead atoms. The van der Waals surface area contributed by atoms with Crippen molar-refractivity contribution in [1.29, 1.82) is 0 Å². The summed E-state index contributed by atoms with van der Waals surface area (Å²) in [6.07, 6.45) is -1.53. The van der Waals surface area contributed by atoms with Gasteiger partial charge in [0.05, 0.1) is 24.1 Å². The lowest BCUT2D eigenvalue weighted by atomic mass is 9.91. The van der Waals surface area contributed by atoms with Crippen LogP contribution in [0.5, 0.6) is 0 Å². The van der Waals surface area contributed by atoms with E-state index in [0.717, 1.165) is 17.2 Å². The Morgan fingerprint density at radius 1 is 1.12 bits per heavy atom. The SMILES string of the molecule is Cc1ccccc1Cn1cc(NC(=O)c2cc3nc(C(C)(C)C)cc(C(F)(F)F)n3n2)cn1. The monoisotopic (exact) mass is 456 g/mol.